The van der Waals surface area contributed by atoms with Crippen LogP contribution in [0.25, 0.3) is 10.6 Å². The zero-order valence-corrected chi connectivity index (χ0v) is 16.5. The number of thiophene rings is 1. The lowest BCUT2D eigenvalue weighted by Crippen LogP contribution is -2.49. The van der Waals surface area contributed by atoms with Crippen LogP contribution in [-0.4, -0.2) is 52.9 Å². The molecule has 28 heavy (non-hydrogen) atoms. The second kappa shape index (κ2) is 7.57. The highest BCUT2D eigenvalue weighted by atomic mass is 32.1. The molecule has 6 nitrogen and oxygen atoms in total. The Hall–Kier alpha value is -2.36. The van der Waals surface area contributed by atoms with E-state index in [1.807, 2.05) is 0 Å². The van der Waals surface area contributed by atoms with Crippen LogP contribution < -0.4 is 0 Å². The quantitative estimate of drug-likeness (QED) is 0.765. The van der Waals surface area contributed by atoms with Gasteiger partial charge in [-0.2, -0.15) is 13.2 Å². The topological polar surface area (TPSA) is 66.7 Å². The van der Waals surface area contributed by atoms with Crippen LogP contribution >= 0.6 is 11.3 Å². The van der Waals surface area contributed by atoms with Crippen LogP contribution in [0.15, 0.2) is 16.7 Å². The Bertz CT molecular complexity index is 890. The van der Waals surface area contributed by atoms with Gasteiger partial charge in [-0.25, -0.2) is 0 Å². The van der Waals surface area contributed by atoms with Crippen LogP contribution in [0.1, 0.15) is 40.8 Å². The van der Waals surface area contributed by atoms with E-state index in [-0.39, 0.29) is 29.1 Å². The van der Waals surface area contributed by atoms with E-state index < -0.39 is 11.9 Å². The van der Waals surface area contributed by atoms with Crippen LogP contribution in [0, 0.1) is 6.92 Å². The molecular formula is C18H20F3N3O3S. The first-order valence-corrected chi connectivity index (χ1v) is 9.57. The second-order valence-corrected chi connectivity index (χ2v) is 7.91. The Kier molecular flexibility index (Phi) is 5.51. The van der Waals surface area contributed by atoms with Crippen molar-refractivity contribution in [3.05, 3.63) is 28.3 Å². The Labute approximate surface area is 163 Å². The van der Waals surface area contributed by atoms with Crippen molar-refractivity contribution in [1.29, 1.82) is 0 Å². The zero-order valence-electron chi connectivity index (χ0n) is 15.7. The van der Waals surface area contributed by atoms with Crippen molar-refractivity contribution in [2.45, 2.75) is 38.9 Å². The number of likely N-dealkylation sites (tertiary alicyclic amines) is 1. The second-order valence-electron chi connectivity index (χ2n) is 6.82. The maximum Gasteiger partial charge on any atom is 0.452 e. The molecule has 2 aromatic rings. The molecular weight excluding hydrogens is 395 g/mol. The number of likely N-dealkylation sites (N-methyl/N-ethyl adjacent to an activating group) is 1. The van der Waals surface area contributed by atoms with Crippen molar-refractivity contribution in [2.24, 2.45) is 0 Å². The average molecular weight is 415 g/mol. The standard InChI is InChI=1S/C18H20F3N3O3S/c1-10-15(22-27-16(10)18(19,20)21)13-6-7-14(28-13)17(26)24-8-4-5-12(9-24)23(3)11(2)25/h6-7,12H,4-5,8-9H2,1-3H3/t12-/m0/s1. The fourth-order valence-corrected chi connectivity index (χ4v) is 4.29. The van der Waals surface area contributed by atoms with Crippen LogP contribution in [-0.2, 0) is 11.0 Å². The molecule has 1 saturated heterocycles. The number of amides is 2. The molecule has 0 spiro atoms. The van der Waals surface area contributed by atoms with Crippen LogP contribution in [0.4, 0.5) is 13.2 Å². The molecule has 2 aromatic heterocycles. The lowest BCUT2D eigenvalue weighted by molar-refractivity contribution is -0.156. The number of hydrogen-bond acceptors (Lipinski definition) is 5. The minimum absolute atomic E-state index is 0.0400. The van der Waals surface area contributed by atoms with Crippen molar-refractivity contribution >= 4 is 23.2 Å². The van der Waals surface area contributed by atoms with Gasteiger partial charge in [0.05, 0.1) is 9.75 Å². The Balaban J connectivity index is 1.78. The van der Waals surface area contributed by atoms with E-state index in [0.717, 1.165) is 24.2 Å². The fraction of sp³-hybridized carbons (Fsp3) is 0.500. The lowest BCUT2D eigenvalue weighted by Gasteiger charge is -2.37. The van der Waals surface area contributed by atoms with E-state index in [2.05, 4.69) is 9.68 Å². The van der Waals surface area contributed by atoms with Crippen LogP contribution in [0.3, 0.4) is 0 Å². The molecule has 10 heteroatoms. The smallest absolute Gasteiger partial charge is 0.351 e. The van der Waals surface area contributed by atoms with E-state index in [9.17, 15) is 22.8 Å². The van der Waals surface area contributed by atoms with Gasteiger partial charge in [0.15, 0.2) is 0 Å². The van der Waals surface area contributed by atoms with Crippen molar-refractivity contribution in [3.8, 4) is 10.6 Å². The number of hydrogen-bond donors (Lipinski definition) is 0. The number of nitrogens with zero attached hydrogens (tertiary/aromatic N) is 3. The SMILES string of the molecule is CC(=O)N(C)[C@H]1CCCN(C(=O)c2ccc(-c3noc(C(F)(F)F)c3C)s2)C1. The van der Waals surface area contributed by atoms with E-state index in [0.29, 0.717) is 22.8 Å². The van der Waals surface area contributed by atoms with E-state index in [1.54, 1.807) is 29.0 Å². The summed E-state index contributed by atoms with van der Waals surface area (Å²) >= 11 is 1.08. The van der Waals surface area contributed by atoms with E-state index >= 15 is 0 Å². The Morgan fingerprint density at radius 3 is 2.68 bits per heavy atom. The van der Waals surface area contributed by atoms with Gasteiger partial charge < -0.3 is 14.3 Å². The van der Waals surface area contributed by atoms with Crippen LogP contribution in [0.5, 0.6) is 0 Å². The summed E-state index contributed by atoms with van der Waals surface area (Å²) < 4.78 is 43.1. The third kappa shape index (κ3) is 3.91. The maximum absolute atomic E-state index is 12.9. The predicted molar refractivity (Wildman–Crippen MR) is 96.9 cm³/mol. The molecule has 1 fully saturated rings. The predicted octanol–water partition coefficient (Wildman–Crippen LogP) is 3.81. The molecule has 3 heterocycles. The van der Waals surface area contributed by atoms with E-state index in [1.165, 1.54) is 13.8 Å². The molecule has 0 saturated carbocycles. The number of aromatic nitrogens is 1. The van der Waals surface area contributed by atoms with Crippen molar-refractivity contribution in [3.63, 3.8) is 0 Å². The molecule has 152 valence electrons. The molecule has 0 aliphatic carbocycles. The van der Waals surface area contributed by atoms with Gasteiger partial charge in [0.25, 0.3) is 5.91 Å². The van der Waals surface area contributed by atoms with Gasteiger partial charge in [0.1, 0.15) is 5.69 Å². The minimum Gasteiger partial charge on any atom is -0.351 e. The Morgan fingerprint density at radius 1 is 1.36 bits per heavy atom. The van der Waals surface area contributed by atoms with Gasteiger partial charge in [-0.15, -0.1) is 11.3 Å². The third-order valence-electron chi connectivity index (χ3n) is 4.96. The number of rotatable bonds is 3. The van der Waals surface area contributed by atoms with Gasteiger partial charge in [-0.1, -0.05) is 5.16 Å². The molecule has 0 unspecified atom stereocenters. The van der Waals surface area contributed by atoms with Crippen LogP contribution in [0.2, 0.25) is 0 Å². The fourth-order valence-electron chi connectivity index (χ4n) is 3.28. The van der Waals surface area contributed by atoms with Gasteiger partial charge in [-0.3, -0.25) is 9.59 Å². The summed E-state index contributed by atoms with van der Waals surface area (Å²) in [7, 11) is 1.72. The molecule has 0 radical (unpaired) electrons. The average Bonchev–Trinajstić information content (AvgIpc) is 3.26. The number of halogens is 3. The molecule has 1 atom stereocenters. The summed E-state index contributed by atoms with van der Waals surface area (Å²) in [6, 6.07) is 3.12. The molecule has 3 rings (SSSR count). The largest absolute Gasteiger partial charge is 0.452 e. The first-order chi connectivity index (χ1) is 13.1. The summed E-state index contributed by atoms with van der Waals surface area (Å²) in [6.07, 6.45) is -3.01. The number of carbonyl (C=O) groups is 2. The number of alkyl halides is 3. The molecule has 0 aromatic carbocycles. The first kappa shape index (κ1) is 20.4. The monoisotopic (exact) mass is 415 g/mol. The summed E-state index contributed by atoms with van der Waals surface area (Å²) in [5, 5.41) is 3.54. The highest BCUT2D eigenvalue weighted by Crippen LogP contribution is 2.38. The minimum atomic E-state index is -4.61. The normalized spacial score (nSPS) is 17.6. The first-order valence-electron chi connectivity index (χ1n) is 8.76. The van der Waals surface area contributed by atoms with Gasteiger partial charge in [-0.05, 0) is 31.9 Å². The summed E-state index contributed by atoms with van der Waals surface area (Å²) in [5.41, 5.74) is -0.0151. The van der Waals surface area contributed by atoms with Crippen molar-refractivity contribution in [2.75, 3.05) is 20.1 Å². The lowest BCUT2D eigenvalue weighted by atomic mass is 10.0. The molecule has 2 amide bonds. The molecule has 1 aliphatic rings. The Morgan fingerprint density at radius 2 is 2.07 bits per heavy atom. The number of carbonyl (C=O) groups excluding carboxylic acids is 2. The summed E-state index contributed by atoms with van der Waals surface area (Å²) in [5.74, 6) is -1.38. The highest BCUT2D eigenvalue weighted by molar-refractivity contribution is 7.17. The highest BCUT2D eigenvalue weighted by Gasteiger charge is 2.39. The molecule has 0 bridgehead atoms. The summed E-state index contributed by atoms with van der Waals surface area (Å²) in [4.78, 5) is 28.6. The third-order valence-corrected chi connectivity index (χ3v) is 6.04. The summed E-state index contributed by atoms with van der Waals surface area (Å²) in [6.45, 7) is 3.79. The molecule has 1 aliphatic heterocycles. The van der Waals surface area contributed by atoms with Gasteiger partial charge in [0, 0.05) is 38.7 Å². The molecule has 0 N–H and O–H groups in total. The van der Waals surface area contributed by atoms with E-state index in [4.69, 9.17) is 0 Å². The van der Waals surface area contributed by atoms with Gasteiger partial charge >= 0.3 is 6.18 Å². The number of piperidine rings is 1. The van der Waals surface area contributed by atoms with Crippen molar-refractivity contribution < 1.29 is 27.3 Å². The zero-order chi connectivity index (χ0) is 20.6. The van der Waals surface area contributed by atoms with Gasteiger partial charge in [0.2, 0.25) is 11.7 Å². The van der Waals surface area contributed by atoms with Crippen molar-refractivity contribution in [1.82, 2.24) is 15.0 Å². The maximum atomic E-state index is 12.9.